The maximum atomic E-state index is 12.9. The van der Waals surface area contributed by atoms with Gasteiger partial charge < -0.3 is 11.1 Å². The van der Waals surface area contributed by atoms with Gasteiger partial charge in [0.25, 0.3) is 0 Å². The molecule has 1 aromatic rings. The fourth-order valence-corrected chi connectivity index (χ4v) is 2.47. The van der Waals surface area contributed by atoms with Crippen LogP contribution >= 0.6 is 0 Å². The number of carbonyl (C=O) groups is 1. The molecule has 104 valence electrons. The van der Waals surface area contributed by atoms with E-state index in [1.165, 1.54) is 18.2 Å². The van der Waals surface area contributed by atoms with E-state index in [0.717, 1.165) is 19.4 Å². The Hall–Kier alpha value is -1.62. The largest absolute Gasteiger partial charge is 0.397 e. The van der Waals surface area contributed by atoms with Crippen LogP contribution in [0.2, 0.25) is 0 Å². The van der Waals surface area contributed by atoms with E-state index in [0.29, 0.717) is 12.2 Å². The van der Waals surface area contributed by atoms with Gasteiger partial charge in [0.1, 0.15) is 5.82 Å². The summed E-state index contributed by atoms with van der Waals surface area (Å²) < 4.78 is 12.9. The van der Waals surface area contributed by atoms with Crippen molar-refractivity contribution in [1.29, 1.82) is 0 Å². The minimum absolute atomic E-state index is 0.0612. The van der Waals surface area contributed by atoms with Crippen LogP contribution in [0, 0.1) is 5.82 Å². The molecule has 0 spiro atoms. The summed E-state index contributed by atoms with van der Waals surface area (Å²) in [6.07, 6.45) is 2.21. The first-order chi connectivity index (χ1) is 8.88. The second kappa shape index (κ2) is 5.17. The Balaban J connectivity index is 1.98. The molecule has 2 rings (SSSR count). The summed E-state index contributed by atoms with van der Waals surface area (Å²) in [6, 6.07) is 3.97. The maximum Gasteiger partial charge on any atom is 0.238 e. The third kappa shape index (κ3) is 3.23. The lowest BCUT2D eigenvalue weighted by molar-refractivity contribution is -0.118. The number of likely N-dealkylation sites (tertiary alicyclic amines) is 1. The molecular formula is C14H20FN3O. The van der Waals surface area contributed by atoms with Gasteiger partial charge in [0, 0.05) is 5.54 Å². The number of anilines is 2. The second-order valence-electron chi connectivity index (χ2n) is 5.62. The quantitative estimate of drug-likeness (QED) is 0.824. The highest BCUT2D eigenvalue weighted by atomic mass is 19.1. The van der Waals surface area contributed by atoms with Crippen molar-refractivity contribution in [1.82, 2.24) is 4.90 Å². The van der Waals surface area contributed by atoms with Gasteiger partial charge in [0.15, 0.2) is 0 Å². The lowest BCUT2D eigenvalue weighted by Gasteiger charge is -2.30. The molecule has 0 aliphatic carbocycles. The summed E-state index contributed by atoms with van der Waals surface area (Å²) >= 11 is 0. The Bertz CT molecular complexity index is 488. The predicted molar refractivity (Wildman–Crippen MR) is 74.3 cm³/mol. The summed E-state index contributed by atoms with van der Waals surface area (Å²) in [7, 11) is 0. The number of nitrogens with one attached hydrogen (secondary N) is 1. The number of nitrogens with zero attached hydrogens (tertiary/aromatic N) is 1. The number of benzene rings is 1. The topological polar surface area (TPSA) is 58.4 Å². The number of hydrogen-bond acceptors (Lipinski definition) is 3. The summed E-state index contributed by atoms with van der Waals surface area (Å²) in [4.78, 5) is 14.1. The summed E-state index contributed by atoms with van der Waals surface area (Å²) in [5.41, 5.74) is 6.43. The van der Waals surface area contributed by atoms with Crippen molar-refractivity contribution in [3.63, 3.8) is 0 Å². The molecule has 0 atom stereocenters. The highest BCUT2D eigenvalue weighted by Gasteiger charge is 2.32. The Morgan fingerprint density at radius 1 is 1.53 bits per heavy atom. The van der Waals surface area contributed by atoms with Crippen molar-refractivity contribution in [2.24, 2.45) is 0 Å². The van der Waals surface area contributed by atoms with Crippen LogP contribution in [0.15, 0.2) is 18.2 Å². The minimum atomic E-state index is -0.406. The molecule has 1 amide bonds. The zero-order valence-electron chi connectivity index (χ0n) is 11.4. The first-order valence-electron chi connectivity index (χ1n) is 6.48. The summed E-state index contributed by atoms with van der Waals surface area (Å²) in [5.74, 6) is -0.524. The van der Waals surface area contributed by atoms with Crippen LogP contribution in [0.5, 0.6) is 0 Å². The van der Waals surface area contributed by atoms with E-state index < -0.39 is 5.82 Å². The Morgan fingerprint density at radius 2 is 2.26 bits per heavy atom. The zero-order valence-corrected chi connectivity index (χ0v) is 11.4. The van der Waals surface area contributed by atoms with E-state index in [1.54, 1.807) is 0 Å². The normalized spacial score (nSPS) is 18.5. The van der Waals surface area contributed by atoms with E-state index in [1.807, 2.05) is 0 Å². The third-order valence-corrected chi connectivity index (χ3v) is 3.69. The van der Waals surface area contributed by atoms with Crippen LogP contribution in [-0.4, -0.2) is 29.4 Å². The predicted octanol–water partition coefficient (Wildman–Crippen LogP) is 2.22. The molecule has 1 aliphatic heterocycles. The van der Waals surface area contributed by atoms with Crippen LogP contribution in [-0.2, 0) is 4.79 Å². The van der Waals surface area contributed by atoms with Gasteiger partial charge in [0.2, 0.25) is 5.91 Å². The molecule has 0 bridgehead atoms. The van der Waals surface area contributed by atoms with E-state index in [4.69, 9.17) is 5.73 Å². The molecule has 1 saturated heterocycles. The molecule has 0 aromatic heterocycles. The van der Waals surface area contributed by atoms with Crippen LogP contribution in [0.4, 0.5) is 15.8 Å². The number of amides is 1. The monoisotopic (exact) mass is 265 g/mol. The smallest absolute Gasteiger partial charge is 0.238 e. The van der Waals surface area contributed by atoms with E-state index in [-0.39, 0.29) is 17.1 Å². The van der Waals surface area contributed by atoms with Crippen molar-refractivity contribution in [3.05, 3.63) is 24.0 Å². The Labute approximate surface area is 112 Å². The molecule has 19 heavy (non-hydrogen) atoms. The highest BCUT2D eigenvalue weighted by molar-refractivity contribution is 5.95. The van der Waals surface area contributed by atoms with E-state index >= 15 is 0 Å². The SMILES string of the molecule is CC1(C)CCCN1CC(=O)Nc1ccc(F)cc1N. The molecule has 1 heterocycles. The maximum absolute atomic E-state index is 12.9. The zero-order chi connectivity index (χ0) is 14.0. The molecule has 1 fully saturated rings. The molecule has 3 N–H and O–H groups in total. The van der Waals surface area contributed by atoms with Crippen molar-refractivity contribution < 1.29 is 9.18 Å². The first kappa shape index (κ1) is 13.8. The third-order valence-electron chi connectivity index (χ3n) is 3.69. The van der Waals surface area contributed by atoms with Crippen molar-refractivity contribution >= 4 is 17.3 Å². The van der Waals surface area contributed by atoms with Crippen molar-refractivity contribution in [3.8, 4) is 0 Å². The van der Waals surface area contributed by atoms with Crippen molar-refractivity contribution in [2.75, 3.05) is 24.1 Å². The van der Waals surface area contributed by atoms with E-state index in [2.05, 4.69) is 24.1 Å². The lowest BCUT2D eigenvalue weighted by Crippen LogP contribution is -2.43. The molecule has 0 saturated carbocycles. The fraction of sp³-hybridized carbons (Fsp3) is 0.500. The lowest BCUT2D eigenvalue weighted by atomic mass is 10.0. The summed E-state index contributed by atoms with van der Waals surface area (Å²) in [5, 5.41) is 2.73. The number of hydrogen-bond donors (Lipinski definition) is 2. The highest BCUT2D eigenvalue weighted by Crippen LogP contribution is 2.28. The number of halogens is 1. The van der Waals surface area contributed by atoms with Gasteiger partial charge >= 0.3 is 0 Å². The molecule has 0 radical (unpaired) electrons. The van der Waals surface area contributed by atoms with Crippen LogP contribution < -0.4 is 11.1 Å². The molecule has 4 nitrogen and oxygen atoms in total. The van der Waals surface area contributed by atoms with Crippen LogP contribution in [0.1, 0.15) is 26.7 Å². The average Bonchev–Trinajstić information content (AvgIpc) is 2.62. The Kier molecular flexibility index (Phi) is 3.75. The van der Waals surface area contributed by atoms with Gasteiger partial charge in [-0.3, -0.25) is 9.69 Å². The first-order valence-corrected chi connectivity index (χ1v) is 6.48. The van der Waals surface area contributed by atoms with E-state index in [9.17, 15) is 9.18 Å². The van der Waals surface area contributed by atoms with Gasteiger partial charge in [-0.25, -0.2) is 4.39 Å². The Morgan fingerprint density at radius 3 is 2.84 bits per heavy atom. The van der Waals surface area contributed by atoms with Gasteiger partial charge in [-0.2, -0.15) is 0 Å². The minimum Gasteiger partial charge on any atom is -0.397 e. The molecular weight excluding hydrogens is 245 g/mol. The van der Waals surface area contributed by atoms with Gasteiger partial charge in [-0.1, -0.05) is 0 Å². The van der Waals surface area contributed by atoms with Gasteiger partial charge in [-0.15, -0.1) is 0 Å². The number of carbonyl (C=O) groups excluding carboxylic acids is 1. The standard InChI is InChI=1S/C14H20FN3O/c1-14(2)6-3-7-18(14)9-13(19)17-12-5-4-10(15)8-11(12)16/h4-5,8H,3,6-7,9,16H2,1-2H3,(H,17,19). The molecule has 0 unspecified atom stereocenters. The molecule has 1 aliphatic rings. The van der Waals surface area contributed by atoms with Crippen molar-refractivity contribution in [2.45, 2.75) is 32.2 Å². The number of nitrogen functional groups attached to an aromatic ring is 1. The number of rotatable bonds is 3. The summed E-state index contributed by atoms with van der Waals surface area (Å²) in [6.45, 7) is 5.54. The molecule has 5 heteroatoms. The van der Waals surface area contributed by atoms with Crippen LogP contribution in [0.3, 0.4) is 0 Å². The number of nitrogens with two attached hydrogens (primary N) is 1. The van der Waals surface area contributed by atoms with Gasteiger partial charge in [0.05, 0.1) is 17.9 Å². The fourth-order valence-electron chi connectivity index (χ4n) is 2.47. The van der Waals surface area contributed by atoms with Gasteiger partial charge in [-0.05, 0) is 51.4 Å². The van der Waals surface area contributed by atoms with Crippen LogP contribution in [0.25, 0.3) is 0 Å². The second-order valence-corrected chi connectivity index (χ2v) is 5.62. The average molecular weight is 265 g/mol. The molecule has 1 aromatic carbocycles.